The molecule has 0 bridgehead atoms. The minimum absolute atomic E-state index is 0.233. The van der Waals surface area contributed by atoms with Gasteiger partial charge in [-0.15, -0.1) is 0 Å². The Bertz CT molecular complexity index is 1080. The number of aliphatic hydroxyl groups is 3. The molecule has 5 atom stereocenters. The zero-order valence-electron chi connectivity index (χ0n) is 18.3. The number of carbonyl (C=O) groups is 1. The summed E-state index contributed by atoms with van der Waals surface area (Å²) in [5, 5.41) is 39.5. The number of carbonyl (C=O) groups excluding carboxylic acids is 1. The van der Waals surface area contributed by atoms with Gasteiger partial charge in [0.05, 0.1) is 12.6 Å². The molecule has 188 valence electrons. The summed E-state index contributed by atoms with van der Waals surface area (Å²) in [7, 11) is 0. The van der Waals surface area contributed by atoms with Crippen molar-refractivity contribution in [2.45, 2.75) is 41.6 Å². The molecule has 0 spiro atoms. The van der Waals surface area contributed by atoms with Gasteiger partial charge in [0.15, 0.2) is 17.5 Å². The van der Waals surface area contributed by atoms with Crippen LogP contribution in [-0.4, -0.2) is 57.6 Å². The van der Waals surface area contributed by atoms with Crippen LogP contribution in [0.15, 0.2) is 52.6 Å². The molecule has 0 saturated carbocycles. The third kappa shape index (κ3) is 6.38. The van der Waals surface area contributed by atoms with Crippen LogP contribution in [0.4, 0.5) is 18.9 Å². The standard InChI is InChI=1S/C22H23F3N4O5S/c1-10(31)28-12-2-4-13(5-3-12)35-22-21(33)19(20(32)17(9-30)34-22)27-8-16(29-26)11-6-14(23)18(25)15(24)7-11/h2-8,17,19-22,26-27,30,32-33H,9H2,1H3,(H,28,31)/b16-8-,29-26?/t17?,19?,20-,21+,22+/m0/s1. The highest BCUT2D eigenvalue weighted by Crippen LogP contribution is 2.34. The quantitative estimate of drug-likeness (QED) is 0.235. The molecule has 3 rings (SSSR count). The molecule has 13 heteroatoms. The van der Waals surface area contributed by atoms with Crippen LogP contribution in [0.25, 0.3) is 5.70 Å². The molecule has 0 aliphatic carbocycles. The Hall–Kier alpha value is -2.97. The third-order valence-corrected chi connectivity index (χ3v) is 6.29. The molecular formula is C22H23F3N4O5S. The largest absolute Gasteiger partial charge is 0.394 e. The van der Waals surface area contributed by atoms with Crippen molar-refractivity contribution in [3.63, 3.8) is 0 Å². The van der Waals surface area contributed by atoms with E-state index in [0.717, 1.165) is 18.0 Å². The number of halogens is 3. The van der Waals surface area contributed by atoms with Crippen LogP contribution in [0.5, 0.6) is 0 Å². The number of anilines is 1. The number of aliphatic hydroxyl groups excluding tert-OH is 3. The molecular weight excluding hydrogens is 489 g/mol. The highest BCUT2D eigenvalue weighted by Gasteiger charge is 2.44. The first-order valence-electron chi connectivity index (χ1n) is 10.3. The number of hydrogen-bond donors (Lipinski definition) is 6. The van der Waals surface area contributed by atoms with Crippen LogP contribution in [0, 0.1) is 23.0 Å². The molecule has 0 radical (unpaired) electrons. The number of benzene rings is 2. The highest BCUT2D eigenvalue weighted by atomic mass is 32.2. The van der Waals surface area contributed by atoms with Crippen molar-refractivity contribution in [1.82, 2.24) is 5.32 Å². The summed E-state index contributed by atoms with van der Waals surface area (Å²) in [5.41, 5.74) is 6.36. The lowest BCUT2D eigenvalue weighted by molar-refractivity contribution is -0.164. The molecule has 2 aromatic rings. The second-order valence-corrected chi connectivity index (χ2v) is 8.79. The Morgan fingerprint density at radius 2 is 1.80 bits per heavy atom. The van der Waals surface area contributed by atoms with Gasteiger partial charge in [0.1, 0.15) is 29.4 Å². The van der Waals surface area contributed by atoms with Crippen molar-refractivity contribution in [3.8, 4) is 0 Å². The molecule has 1 saturated heterocycles. The van der Waals surface area contributed by atoms with E-state index >= 15 is 0 Å². The van der Waals surface area contributed by atoms with Crippen LogP contribution in [0.3, 0.4) is 0 Å². The Morgan fingerprint density at radius 3 is 2.34 bits per heavy atom. The van der Waals surface area contributed by atoms with Crippen molar-refractivity contribution in [3.05, 3.63) is 65.6 Å². The molecule has 2 aromatic carbocycles. The van der Waals surface area contributed by atoms with Crippen LogP contribution in [0.1, 0.15) is 12.5 Å². The molecule has 1 amide bonds. The molecule has 6 N–H and O–H groups in total. The Morgan fingerprint density at radius 1 is 1.17 bits per heavy atom. The lowest BCUT2D eigenvalue weighted by atomic mass is 9.97. The van der Waals surface area contributed by atoms with Gasteiger partial charge >= 0.3 is 0 Å². The summed E-state index contributed by atoms with van der Waals surface area (Å²) in [6.07, 6.45) is -2.80. The summed E-state index contributed by atoms with van der Waals surface area (Å²) in [6, 6.07) is 6.84. The number of nitrogens with one attached hydrogen (secondary N) is 3. The monoisotopic (exact) mass is 512 g/mol. The van der Waals surface area contributed by atoms with Gasteiger partial charge in [0.2, 0.25) is 5.91 Å². The van der Waals surface area contributed by atoms with Crippen LogP contribution < -0.4 is 10.6 Å². The van der Waals surface area contributed by atoms with Gasteiger partial charge in [-0.05, 0) is 36.4 Å². The van der Waals surface area contributed by atoms with E-state index in [1.165, 1.54) is 6.92 Å². The first-order chi connectivity index (χ1) is 16.6. The highest BCUT2D eigenvalue weighted by molar-refractivity contribution is 7.99. The molecule has 1 aliphatic rings. The first-order valence-corrected chi connectivity index (χ1v) is 11.2. The number of ether oxygens (including phenoxy) is 1. The number of rotatable bonds is 8. The Balaban J connectivity index is 1.80. The summed E-state index contributed by atoms with van der Waals surface area (Å²) in [5.74, 6) is -4.84. The summed E-state index contributed by atoms with van der Waals surface area (Å²) in [4.78, 5) is 11.8. The van der Waals surface area contributed by atoms with E-state index in [1.807, 2.05) is 0 Å². The molecule has 35 heavy (non-hydrogen) atoms. The van der Waals surface area contributed by atoms with Crippen molar-refractivity contribution >= 4 is 29.1 Å². The summed E-state index contributed by atoms with van der Waals surface area (Å²) < 4.78 is 46.1. The predicted octanol–water partition coefficient (Wildman–Crippen LogP) is 2.58. The number of amides is 1. The Kier molecular flexibility index (Phi) is 8.86. The maximum Gasteiger partial charge on any atom is 0.221 e. The summed E-state index contributed by atoms with van der Waals surface area (Å²) in [6.45, 7) is 0.803. The first kappa shape index (κ1) is 26.6. The molecule has 9 nitrogen and oxygen atoms in total. The van der Waals surface area contributed by atoms with Crippen molar-refractivity contribution in [2.24, 2.45) is 5.11 Å². The van der Waals surface area contributed by atoms with Crippen LogP contribution in [-0.2, 0) is 9.53 Å². The average molecular weight is 513 g/mol. The van der Waals surface area contributed by atoms with E-state index in [9.17, 15) is 33.3 Å². The van der Waals surface area contributed by atoms with Gasteiger partial charge < -0.3 is 30.7 Å². The minimum Gasteiger partial charge on any atom is -0.394 e. The van der Waals surface area contributed by atoms with E-state index in [-0.39, 0.29) is 17.2 Å². The van der Waals surface area contributed by atoms with Gasteiger partial charge in [0.25, 0.3) is 0 Å². The fourth-order valence-electron chi connectivity index (χ4n) is 3.39. The van der Waals surface area contributed by atoms with E-state index in [0.29, 0.717) is 22.7 Å². The number of thioether (sulfide) groups is 1. The third-order valence-electron chi connectivity index (χ3n) is 5.12. The zero-order valence-corrected chi connectivity index (χ0v) is 19.1. The average Bonchev–Trinajstić information content (AvgIpc) is 2.82. The topological polar surface area (TPSA) is 147 Å². The van der Waals surface area contributed by atoms with Crippen molar-refractivity contribution in [1.29, 1.82) is 5.53 Å². The maximum absolute atomic E-state index is 13.6. The lowest BCUT2D eigenvalue weighted by Crippen LogP contribution is -2.61. The zero-order chi connectivity index (χ0) is 25.7. The second-order valence-electron chi connectivity index (χ2n) is 7.62. The minimum atomic E-state index is -1.67. The van der Waals surface area contributed by atoms with Crippen molar-refractivity contribution < 1.29 is 38.0 Å². The van der Waals surface area contributed by atoms with E-state index in [2.05, 4.69) is 15.7 Å². The van der Waals surface area contributed by atoms with Crippen molar-refractivity contribution in [2.75, 3.05) is 11.9 Å². The van der Waals surface area contributed by atoms with Gasteiger partial charge in [-0.3, -0.25) is 4.79 Å². The van der Waals surface area contributed by atoms with Crippen LogP contribution >= 0.6 is 11.8 Å². The van der Waals surface area contributed by atoms with Gasteiger partial charge in [-0.1, -0.05) is 11.8 Å². The molecule has 1 aliphatic heterocycles. The fraction of sp³-hybridized carbons (Fsp3) is 0.318. The SMILES string of the molecule is CC(=O)Nc1ccc(S[C@H]2OC(CO)[C@H](O)C(N/C=C(\N=N)c3cc(F)c(F)c(F)c3)[C@H]2O)cc1. The lowest BCUT2D eigenvalue weighted by Gasteiger charge is -2.42. The van der Waals surface area contributed by atoms with Gasteiger partial charge in [0, 0.05) is 29.3 Å². The van der Waals surface area contributed by atoms with Crippen LogP contribution in [0.2, 0.25) is 0 Å². The molecule has 1 fully saturated rings. The predicted molar refractivity (Wildman–Crippen MR) is 121 cm³/mol. The number of hydrogen-bond acceptors (Lipinski definition) is 9. The van der Waals surface area contributed by atoms with Gasteiger partial charge in [-0.25, -0.2) is 18.7 Å². The normalized spacial score (nSPS) is 24.7. The smallest absolute Gasteiger partial charge is 0.221 e. The molecule has 1 heterocycles. The Labute approximate surface area is 202 Å². The van der Waals surface area contributed by atoms with E-state index in [1.54, 1.807) is 24.3 Å². The van der Waals surface area contributed by atoms with Gasteiger partial charge in [-0.2, -0.15) is 5.11 Å². The number of nitrogens with zero attached hydrogens (tertiary/aromatic N) is 1. The molecule has 2 unspecified atom stereocenters. The maximum atomic E-state index is 13.6. The second kappa shape index (κ2) is 11.6. The summed E-state index contributed by atoms with van der Waals surface area (Å²) >= 11 is 1.10. The fourth-order valence-corrected chi connectivity index (χ4v) is 4.46. The van der Waals surface area contributed by atoms with E-state index < -0.39 is 53.8 Å². The molecule has 0 aromatic heterocycles. The van der Waals surface area contributed by atoms with E-state index in [4.69, 9.17) is 10.3 Å².